The minimum atomic E-state index is -0.994. The summed E-state index contributed by atoms with van der Waals surface area (Å²) in [6.45, 7) is 1.30. The first-order valence-corrected chi connectivity index (χ1v) is 8.99. The Morgan fingerprint density at radius 3 is 2.84 bits per heavy atom. The van der Waals surface area contributed by atoms with Gasteiger partial charge in [0.2, 0.25) is 11.8 Å². The molecule has 2 aliphatic rings. The molecule has 1 unspecified atom stereocenters. The highest BCUT2D eigenvalue weighted by atomic mass is 32.1. The largest absolute Gasteiger partial charge is 0.465 e. The molecule has 3 rings (SSSR count). The molecule has 3 N–H and O–H groups in total. The van der Waals surface area contributed by atoms with Gasteiger partial charge in [-0.2, -0.15) is 0 Å². The van der Waals surface area contributed by atoms with Gasteiger partial charge in [-0.3, -0.25) is 9.59 Å². The topological polar surface area (TPSA) is 111 Å². The number of nitrogens with two attached hydrogens (primary N) is 1. The smallest absolute Gasteiger partial charge is 0.340 e. The number of carbonyl (C=O) groups excluding carboxylic acids is 3. The van der Waals surface area contributed by atoms with Crippen molar-refractivity contribution in [3.05, 3.63) is 17.0 Å². The van der Waals surface area contributed by atoms with Crippen LogP contribution in [0.15, 0.2) is 11.4 Å². The van der Waals surface area contributed by atoms with Gasteiger partial charge in [0.1, 0.15) is 11.0 Å². The maximum atomic E-state index is 12.7. The number of nitrogens with zero attached hydrogens (tertiary/aromatic N) is 1. The first kappa shape index (κ1) is 17.8. The second-order valence-corrected chi connectivity index (χ2v) is 7.10. The molecule has 2 fully saturated rings. The number of esters is 1. The van der Waals surface area contributed by atoms with Crippen LogP contribution in [0.1, 0.15) is 29.6 Å². The molecule has 0 radical (unpaired) electrons. The Kier molecular flexibility index (Phi) is 5.07. The summed E-state index contributed by atoms with van der Waals surface area (Å²) in [5, 5.41) is 5.05. The number of hydrogen-bond donors (Lipinski definition) is 2. The number of hydrogen-bond acceptors (Lipinski definition) is 7. The lowest BCUT2D eigenvalue weighted by atomic mass is 9.90. The molecule has 0 saturated carbocycles. The predicted molar refractivity (Wildman–Crippen MR) is 91.5 cm³/mol. The van der Waals surface area contributed by atoms with Crippen LogP contribution in [0.2, 0.25) is 0 Å². The number of carbonyl (C=O) groups is 3. The molecule has 2 amide bonds. The van der Waals surface area contributed by atoms with E-state index in [1.165, 1.54) is 23.3 Å². The molecule has 3 heterocycles. The lowest BCUT2D eigenvalue weighted by Crippen LogP contribution is -2.59. The van der Waals surface area contributed by atoms with E-state index in [2.05, 4.69) is 5.32 Å². The maximum absolute atomic E-state index is 12.7. The van der Waals surface area contributed by atoms with E-state index in [0.29, 0.717) is 49.6 Å². The minimum absolute atomic E-state index is 0.239. The summed E-state index contributed by atoms with van der Waals surface area (Å²) in [5.41, 5.74) is 5.52. The summed E-state index contributed by atoms with van der Waals surface area (Å²) in [4.78, 5) is 38.5. The van der Waals surface area contributed by atoms with Crippen molar-refractivity contribution in [2.75, 3.05) is 31.8 Å². The quantitative estimate of drug-likeness (QED) is 0.739. The normalized spacial score (nSPS) is 22.7. The average Bonchev–Trinajstić information content (AvgIpc) is 3.22. The summed E-state index contributed by atoms with van der Waals surface area (Å²) < 4.78 is 9.99. The van der Waals surface area contributed by atoms with Gasteiger partial charge in [0, 0.05) is 19.8 Å². The highest BCUT2D eigenvalue weighted by Gasteiger charge is 2.41. The molecule has 2 aliphatic heterocycles. The highest BCUT2D eigenvalue weighted by molar-refractivity contribution is 7.14. The number of rotatable bonds is 4. The van der Waals surface area contributed by atoms with Gasteiger partial charge in [0.05, 0.1) is 18.2 Å². The van der Waals surface area contributed by atoms with Crippen LogP contribution in [0, 0.1) is 0 Å². The molecule has 0 aromatic carbocycles. The summed E-state index contributed by atoms with van der Waals surface area (Å²) in [5.74, 6) is -1.05. The van der Waals surface area contributed by atoms with E-state index in [1.807, 2.05) is 0 Å². The standard InChI is InChI=1S/C16H21N3O5S/c1-23-14(21)10-3-9-25-13(10)19-6-2-11(12(19)20)18-15(22)16(17)4-7-24-8-5-16/h3,9,11H,2,4-8,17H2,1H3,(H,18,22). The third kappa shape index (κ3) is 3.39. The lowest BCUT2D eigenvalue weighted by Gasteiger charge is -2.32. The van der Waals surface area contributed by atoms with Crippen molar-refractivity contribution in [1.29, 1.82) is 0 Å². The van der Waals surface area contributed by atoms with Crippen molar-refractivity contribution in [1.82, 2.24) is 5.32 Å². The van der Waals surface area contributed by atoms with E-state index in [9.17, 15) is 14.4 Å². The zero-order valence-corrected chi connectivity index (χ0v) is 14.8. The first-order valence-electron chi connectivity index (χ1n) is 8.11. The zero-order chi connectivity index (χ0) is 18.0. The van der Waals surface area contributed by atoms with E-state index in [-0.39, 0.29) is 11.8 Å². The van der Waals surface area contributed by atoms with Crippen LogP contribution < -0.4 is 16.0 Å². The van der Waals surface area contributed by atoms with Gasteiger partial charge >= 0.3 is 5.97 Å². The predicted octanol–water partition coefficient (Wildman–Crippen LogP) is 0.264. The van der Waals surface area contributed by atoms with Crippen LogP contribution in [-0.2, 0) is 19.1 Å². The third-order valence-corrected chi connectivity index (χ3v) is 5.58. The molecule has 9 heteroatoms. The van der Waals surface area contributed by atoms with Crippen LogP contribution in [0.3, 0.4) is 0 Å². The molecular formula is C16H21N3O5S. The SMILES string of the molecule is COC(=O)c1ccsc1N1CCC(NC(=O)C2(N)CCOCC2)C1=O. The van der Waals surface area contributed by atoms with Gasteiger partial charge in [-0.05, 0) is 30.7 Å². The van der Waals surface area contributed by atoms with Crippen molar-refractivity contribution in [3.8, 4) is 0 Å². The van der Waals surface area contributed by atoms with E-state index in [0.717, 1.165) is 0 Å². The summed E-state index contributed by atoms with van der Waals surface area (Å²) in [6, 6.07) is 0.991. The monoisotopic (exact) mass is 367 g/mol. The van der Waals surface area contributed by atoms with Crippen LogP contribution >= 0.6 is 11.3 Å². The Morgan fingerprint density at radius 1 is 1.44 bits per heavy atom. The fraction of sp³-hybridized carbons (Fsp3) is 0.562. The molecule has 0 aliphatic carbocycles. The van der Waals surface area contributed by atoms with E-state index in [4.69, 9.17) is 15.2 Å². The molecule has 8 nitrogen and oxygen atoms in total. The first-order chi connectivity index (χ1) is 12.0. The molecule has 1 aromatic heterocycles. The van der Waals surface area contributed by atoms with Gasteiger partial charge < -0.3 is 25.4 Å². The van der Waals surface area contributed by atoms with Crippen LogP contribution in [-0.4, -0.2) is 56.2 Å². The Morgan fingerprint density at radius 2 is 2.16 bits per heavy atom. The fourth-order valence-corrected chi connectivity index (χ4v) is 3.98. The Balaban J connectivity index is 1.69. The van der Waals surface area contributed by atoms with E-state index in [1.54, 1.807) is 11.4 Å². The van der Waals surface area contributed by atoms with Gasteiger partial charge in [-0.1, -0.05) is 0 Å². The second-order valence-electron chi connectivity index (χ2n) is 6.20. The van der Waals surface area contributed by atoms with Crippen LogP contribution in [0.5, 0.6) is 0 Å². The second kappa shape index (κ2) is 7.11. The van der Waals surface area contributed by atoms with Crippen molar-refractivity contribution in [2.45, 2.75) is 30.8 Å². The molecule has 0 bridgehead atoms. The zero-order valence-electron chi connectivity index (χ0n) is 13.9. The molecule has 1 aromatic rings. The van der Waals surface area contributed by atoms with Crippen molar-refractivity contribution >= 4 is 34.1 Å². The fourth-order valence-electron chi connectivity index (χ4n) is 3.06. The summed E-state index contributed by atoms with van der Waals surface area (Å²) in [7, 11) is 1.30. The number of amides is 2. The number of ether oxygens (including phenoxy) is 2. The number of thiophene rings is 1. The molecule has 136 valence electrons. The van der Waals surface area contributed by atoms with E-state index >= 15 is 0 Å². The Bertz CT molecular complexity index is 683. The lowest BCUT2D eigenvalue weighted by molar-refractivity contribution is -0.132. The maximum Gasteiger partial charge on any atom is 0.340 e. The van der Waals surface area contributed by atoms with Crippen molar-refractivity contribution in [2.24, 2.45) is 5.73 Å². The van der Waals surface area contributed by atoms with Crippen molar-refractivity contribution in [3.63, 3.8) is 0 Å². The number of anilines is 1. The molecular weight excluding hydrogens is 346 g/mol. The number of nitrogens with one attached hydrogen (secondary N) is 1. The highest BCUT2D eigenvalue weighted by Crippen LogP contribution is 2.32. The Hall–Kier alpha value is -1.97. The van der Waals surface area contributed by atoms with Gasteiger partial charge in [0.15, 0.2) is 0 Å². The van der Waals surface area contributed by atoms with Crippen molar-refractivity contribution < 1.29 is 23.9 Å². The van der Waals surface area contributed by atoms with Gasteiger partial charge in [-0.15, -0.1) is 11.3 Å². The summed E-state index contributed by atoms with van der Waals surface area (Å²) >= 11 is 1.29. The van der Waals surface area contributed by atoms with Crippen LogP contribution in [0.4, 0.5) is 5.00 Å². The third-order valence-electron chi connectivity index (χ3n) is 4.64. The van der Waals surface area contributed by atoms with E-state index < -0.39 is 17.6 Å². The average molecular weight is 367 g/mol. The van der Waals surface area contributed by atoms with Crippen LogP contribution in [0.25, 0.3) is 0 Å². The molecule has 0 spiro atoms. The van der Waals surface area contributed by atoms with Gasteiger partial charge in [0.25, 0.3) is 0 Å². The Labute approximate surface area is 149 Å². The number of methoxy groups -OCH3 is 1. The van der Waals surface area contributed by atoms with Gasteiger partial charge in [-0.25, -0.2) is 4.79 Å². The molecule has 25 heavy (non-hydrogen) atoms. The summed E-state index contributed by atoms with van der Waals surface area (Å²) in [6.07, 6.45) is 1.33. The minimum Gasteiger partial charge on any atom is -0.465 e. The molecule has 2 saturated heterocycles. The molecule has 1 atom stereocenters.